The molecule has 15 aliphatic rings. The van der Waals surface area contributed by atoms with Crippen molar-refractivity contribution < 1.29 is 0 Å². The van der Waals surface area contributed by atoms with Gasteiger partial charge in [-0.25, -0.2) is 0 Å². The van der Waals surface area contributed by atoms with Crippen molar-refractivity contribution in [3.8, 4) is 0 Å². The molecule has 0 saturated heterocycles. The van der Waals surface area contributed by atoms with Gasteiger partial charge in [0.25, 0.3) is 0 Å². The van der Waals surface area contributed by atoms with Gasteiger partial charge in [0.2, 0.25) is 0 Å². The Labute approximate surface area is 632 Å². The summed E-state index contributed by atoms with van der Waals surface area (Å²) in [5, 5.41) is 0. The van der Waals surface area contributed by atoms with E-state index in [0.717, 1.165) is 0 Å². The zero-order chi connectivity index (χ0) is 69.8. The Hall–Kier alpha value is -8.58. The maximum absolute atomic E-state index is 2.76. The lowest BCUT2D eigenvalue weighted by molar-refractivity contribution is 0.285. The second-order valence-corrected chi connectivity index (χ2v) is 36.2. The molecule has 0 heteroatoms. The maximum atomic E-state index is 2.76. The summed E-state index contributed by atoms with van der Waals surface area (Å²) in [6, 6.07) is 71.8. The van der Waals surface area contributed by atoms with Crippen LogP contribution in [-0.4, -0.2) is 0 Å². The monoisotopic (exact) mass is 1380 g/mol. The van der Waals surface area contributed by atoms with Crippen LogP contribution in [0, 0.1) is 0 Å². The number of rotatable bonds is 9. The third kappa shape index (κ3) is 9.81. The maximum Gasteiger partial charge on any atom is 0.0210 e. The Morgan fingerprint density at radius 2 is 0.377 bits per heavy atom. The summed E-state index contributed by atoms with van der Waals surface area (Å²) >= 11 is 0. The topological polar surface area (TPSA) is 0 Å². The summed E-state index contributed by atoms with van der Waals surface area (Å²) in [7, 11) is 0. The first-order valence-electron chi connectivity index (χ1n) is 42.6. The number of fused-ring (bicyclic) bond motifs is 24. The molecule has 0 bridgehead atoms. The van der Waals surface area contributed by atoms with Crippen molar-refractivity contribution in [2.75, 3.05) is 0 Å². The molecule has 0 aliphatic heterocycles. The van der Waals surface area contributed by atoms with E-state index in [4.69, 9.17) is 0 Å². The molecule has 9 aromatic rings. The highest BCUT2D eigenvalue weighted by atomic mass is 14.6. The molecule has 0 N–H and O–H groups in total. The fraction of sp³-hybridized carbons (Fsp3) is 0.377. The van der Waals surface area contributed by atoms with E-state index in [1.54, 1.807) is 83.5 Å². The van der Waals surface area contributed by atoms with Gasteiger partial charge in [-0.3, -0.25) is 0 Å². The van der Waals surface area contributed by atoms with Gasteiger partial charge < -0.3 is 0 Å². The Kier molecular flexibility index (Phi) is 15.2. The van der Waals surface area contributed by atoms with Crippen molar-refractivity contribution in [1.29, 1.82) is 0 Å². The van der Waals surface area contributed by atoms with Crippen molar-refractivity contribution in [1.82, 2.24) is 0 Å². The Morgan fingerprint density at radius 1 is 0.179 bits per heavy atom. The van der Waals surface area contributed by atoms with Crippen molar-refractivity contribution in [3.63, 3.8) is 0 Å². The molecule has 0 heterocycles. The molecular formula is C106H104. The molecular weight excluding hydrogens is 1270 g/mol. The highest BCUT2D eigenvalue weighted by Crippen LogP contribution is 2.69. The molecule has 0 aromatic heterocycles. The fourth-order valence-corrected chi connectivity index (χ4v) is 25.8. The molecule has 6 atom stereocenters. The second-order valence-electron chi connectivity index (χ2n) is 36.2. The number of allylic oxidation sites excluding steroid dienone is 6. The van der Waals surface area contributed by atoms with Crippen molar-refractivity contribution in [2.24, 2.45) is 0 Å². The lowest BCUT2D eigenvalue weighted by Crippen LogP contribution is -2.45. The molecule has 9 aromatic carbocycles. The summed E-state index contributed by atoms with van der Waals surface area (Å²) in [6.07, 6.45) is 66.3. The smallest absolute Gasteiger partial charge is 0.0210 e. The number of benzene rings is 9. The third-order valence-corrected chi connectivity index (χ3v) is 31.3. The van der Waals surface area contributed by atoms with Gasteiger partial charge in [-0.05, 0) is 249 Å². The first-order chi connectivity index (χ1) is 52.4. The van der Waals surface area contributed by atoms with Gasteiger partial charge in [0.15, 0.2) is 0 Å². The van der Waals surface area contributed by atoms with Gasteiger partial charge in [0, 0.05) is 68.0 Å². The predicted molar refractivity (Wildman–Crippen MR) is 443 cm³/mol. The van der Waals surface area contributed by atoms with Gasteiger partial charge >= 0.3 is 0 Å². The Bertz CT molecular complexity index is 5210. The number of hydrogen-bond acceptors (Lipinski definition) is 0. The minimum atomic E-state index is 0.224. The highest BCUT2D eigenvalue weighted by Gasteiger charge is 2.61. The van der Waals surface area contributed by atoms with E-state index in [9.17, 15) is 0 Å². The first-order valence-corrected chi connectivity index (χ1v) is 42.6. The molecule has 528 valence electrons. The van der Waals surface area contributed by atoms with Crippen LogP contribution >= 0.6 is 0 Å². The molecule has 0 nitrogen and oxygen atoms in total. The molecule has 6 unspecified atom stereocenters. The normalized spacial score (nSPS) is 25.4. The summed E-state index contributed by atoms with van der Waals surface area (Å²) in [5.74, 6) is 3.41. The van der Waals surface area contributed by atoms with Crippen LogP contribution in [-0.2, 0) is 32.5 Å². The van der Waals surface area contributed by atoms with E-state index in [0.29, 0.717) is 46.3 Å². The van der Waals surface area contributed by atoms with E-state index in [1.807, 2.05) is 0 Å². The average Bonchev–Trinajstić information content (AvgIpc) is 1.51. The van der Waals surface area contributed by atoms with Crippen LogP contribution in [0.1, 0.15) is 349 Å². The van der Waals surface area contributed by atoms with Gasteiger partial charge in [0.05, 0.1) is 0 Å². The minimum Gasteiger partial charge on any atom is -0.0764 e. The van der Waals surface area contributed by atoms with Crippen molar-refractivity contribution in [3.05, 3.63) is 352 Å². The van der Waals surface area contributed by atoms with Crippen LogP contribution in [0.3, 0.4) is 0 Å². The fourth-order valence-electron chi connectivity index (χ4n) is 25.8. The van der Waals surface area contributed by atoms with Gasteiger partial charge in [-0.1, -0.05) is 319 Å². The lowest BCUT2D eigenvalue weighted by atomic mass is 9.51. The van der Waals surface area contributed by atoms with Crippen LogP contribution in [0.2, 0.25) is 0 Å². The predicted octanol–water partition coefficient (Wildman–Crippen LogP) is 27.5. The summed E-state index contributed by atoms with van der Waals surface area (Å²) in [5.41, 5.74) is 40.1. The van der Waals surface area contributed by atoms with Crippen LogP contribution < -0.4 is 0 Å². The van der Waals surface area contributed by atoms with Crippen LogP contribution in [0.4, 0.5) is 0 Å². The van der Waals surface area contributed by atoms with E-state index >= 15 is 0 Å². The standard InChI is InChI=1S/C38H40.C36H36.C32H28/c1-7-21-37(22-8-1)33-13-5-6-14-34(33)38(23-9-2-10-24-38)36-26-32-29(19-20-30(32)25-35(36)37)18-17-28-16-15-27-11-3-4-12-31(27)28;1-2-10-29-25(9-1)13-14-26(29)15-16-27-17-18-28-23-33-34(24-30(27)28)36(21-7-8-22-36)32-12-4-3-11-31(32)35(33)19-5-6-20-35;1-2-6-25-21(5-1)9-10-22(25)11-12-23-13-14-24-19-29-30(20-26(23)24)32(17-18-32)28-8-4-3-7-27(28)31(29)15-16-31/h3-6,11-16,19-20,25-26,28-29H,1-2,7-10,17-18,21-24H2;1-4,9-14,17-18,23-24,26-27H,5-8,15-16,19-22H2;1-10,13-14,19-20,22-23H,11-12,15-18H2. The molecule has 6 saturated carbocycles. The summed E-state index contributed by atoms with van der Waals surface area (Å²) in [6.45, 7) is 0. The third-order valence-electron chi connectivity index (χ3n) is 31.3. The van der Waals surface area contributed by atoms with Crippen LogP contribution in [0.5, 0.6) is 0 Å². The molecule has 106 heavy (non-hydrogen) atoms. The molecule has 0 radical (unpaired) electrons. The average molecular weight is 1380 g/mol. The van der Waals surface area contributed by atoms with Gasteiger partial charge in [-0.15, -0.1) is 0 Å². The molecule has 0 amide bonds. The van der Waals surface area contributed by atoms with E-state index in [-0.39, 0.29) is 21.7 Å². The molecule has 6 spiro atoms. The first kappa shape index (κ1) is 64.6. The SMILES string of the molecule is C1=CC(CCC2C=Cc3cc4c(cc32)C2(CC2)c2ccccc2C42CC2)c2ccccc21.C1=CC(CCC2C=Cc3cc4c(cc32)C2(CCCC2)c2ccccc2C42CCCC2)c2ccccc21.C1=CC(CCC2C=Cc3cc4c(cc32)C2(CCCCC2)c2ccccc2C42CCCCC2)c2ccccc21. The lowest BCUT2D eigenvalue weighted by Gasteiger charge is -2.53. The number of hydrogen-bond donors (Lipinski definition) is 0. The summed E-state index contributed by atoms with van der Waals surface area (Å²) in [4.78, 5) is 0. The Balaban J connectivity index is 0.0000000996. The van der Waals surface area contributed by atoms with E-state index in [1.165, 1.54) is 230 Å². The molecule has 15 aliphatic carbocycles. The van der Waals surface area contributed by atoms with Crippen LogP contribution in [0.15, 0.2) is 218 Å². The summed E-state index contributed by atoms with van der Waals surface area (Å²) < 4.78 is 0. The van der Waals surface area contributed by atoms with Crippen LogP contribution in [0.25, 0.3) is 36.5 Å². The van der Waals surface area contributed by atoms with Gasteiger partial charge in [-0.2, -0.15) is 0 Å². The van der Waals surface area contributed by atoms with Crippen molar-refractivity contribution >= 4 is 36.5 Å². The second kappa shape index (κ2) is 25.0. The van der Waals surface area contributed by atoms with E-state index in [2.05, 4.69) is 255 Å². The van der Waals surface area contributed by atoms with Gasteiger partial charge in [0.1, 0.15) is 0 Å². The quantitative estimate of drug-likeness (QED) is 0.135. The molecule has 24 rings (SSSR count). The zero-order valence-electron chi connectivity index (χ0n) is 62.5. The minimum absolute atomic E-state index is 0.224. The zero-order valence-corrected chi connectivity index (χ0v) is 62.5. The highest BCUT2D eigenvalue weighted by molar-refractivity contribution is 5.76. The molecule has 6 fully saturated rings. The van der Waals surface area contributed by atoms with E-state index < -0.39 is 0 Å². The Morgan fingerprint density at radius 3 is 0.632 bits per heavy atom. The largest absolute Gasteiger partial charge is 0.0764 e. The van der Waals surface area contributed by atoms with Crippen molar-refractivity contribution in [2.45, 2.75) is 248 Å².